The quantitative estimate of drug-likeness (QED) is 0.138. The summed E-state index contributed by atoms with van der Waals surface area (Å²) >= 11 is -2.73. The van der Waals surface area contributed by atoms with Crippen LogP contribution < -0.4 is 0 Å². The molecule has 3 aromatic rings. The fourth-order valence-electron chi connectivity index (χ4n) is 3.44. The van der Waals surface area contributed by atoms with E-state index >= 15 is 4.39 Å². The van der Waals surface area contributed by atoms with Gasteiger partial charge < -0.3 is 0 Å². The molecule has 0 N–H and O–H groups in total. The van der Waals surface area contributed by atoms with Crippen LogP contribution in [0.1, 0.15) is 28.2 Å². The molecule has 0 saturated heterocycles. The van der Waals surface area contributed by atoms with Crippen LogP contribution in [0.15, 0.2) is 65.7 Å². The molecule has 0 aromatic heterocycles. The molecule has 1 atom stereocenters. The van der Waals surface area contributed by atoms with E-state index in [1.54, 1.807) is 60.7 Å². The van der Waals surface area contributed by atoms with Crippen LogP contribution in [-0.2, 0) is 18.6 Å². The van der Waals surface area contributed by atoms with Gasteiger partial charge in [-0.2, -0.15) is 0 Å². The van der Waals surface area contributed by atoms with Crippen molar-refractivity contribution in [3.05, 3.63) is 106 Å². The standard InChI is InChI=1S/C25H22F4N2.FH.W/c1-31(2)14-13-30-16-20-21(23(27)25(29)24(28)22(20)26)19(18-11-7-4-8-12-18)15-17-9-5-3-6-10-17;;/h3-12,16,19H,13-14H2,1-2H3;1H;/q;;+1/p-1. The van der Waals surface area contributed by atoms with Gasteiger partial charge in [0.15, 0.2) is 0 Å². The van der Waals surface area contributed by atoms with E-state index in [9.17, 15) is 16.3 Å². The van der Waals surface area contributed by atoms with Crippen LogP contribution in [0.25, 0.3) is 0 Å². The molecule has 0 radical (unpaired) electrons. The van der Waals surface area contributed by atoms with Gasteiger partial charge in [-0.3, -0.25) is 0 Å². The van der Waals surface area contributed by atoms with E-state index in [1.807, 2.05) is 19.0 Å². The summed E-state index contributed by atoms with van der Waals surface area (Å²) < 4.78 is 73.8. The van der Waals surface area contributed by atoms with Crippen LogP contribution in [0, 0.1) is 23.3 Å². The average Bonchev–Trinajstić information content (AvgIpc) is 2.83. The Morgan fingerprint density at radius 2 is 1.45 bits per heavy atom. The summed E-state index contributed by atoms with van der Waals surface area (Å²) in [7, 11) is 3.64. The first-order chi connectivity index (χ1) is 15.9. The predicted molar refractivity (Wildman–Crippen MR) is 117 cm³/mol. The van der Waals surface area contributed by atoms with Gasteiger partial charge in [-0.05, 0) is 0 Å². The molecule has 1 unspecified atom stereocenters. The maximum atomic E-state index is 15.3. The number of benzene rings is 3. The van der Waals surface area contributed by atoms with Gasteiger partial charge in [-0.15, -0.1) is 0 Å². The molecule has 0 heterocycles. The van der Waals surface area contributed by atoms with Gasteiger partial charge in [0.25, 0.3) is 0 Å². The van der Waals surface area contributed by atoms with E-state index in [-0.39, 0.29) is 10.4 Å². The third-order valence-electron chi connectivity index (χ3n) is 5.06. The Bertz CT molecular complexity index is 1150. The molecule has 0 spiro atoms. The molecule has 0 aliphatic heterocycles. The van der Waals surface area contributed by atoms with Crippen molar-refractivity contribution >= 4 is 10.1 Å². The maximum absolute atomic E-state index is 15.3. The Kier molecular flexibility index (Phi) is 8.81. The van der Waals surface area contributed by atoms with Crippen molar-refractivity contribution in [2.75, 3.05) is 27.2 Å². The Labute approximate surface area is 198 Å². The molecule has 173 valence electrons. The third kappa shape index (κ3) is 5.71. The van der Waals surface area contributed by atoms with Gasteiger partial charge in [0, 0.05) is 0 Å². The molecule has 0 amide bonds. The number of rotatable bonds is 8. The molecule has 3 aromatic carbocycles. The van der Waals surface area contributed by atoms with Crippen molar-refractivity contribution < 1.29 is 39.3 Å². The SMILES string of the molecule is CN(C)CCN=Cc1c(F)c(F)c(F)c(F)c1C([C](=[W][F])c1ccccc1)c1ccccc1. The number of halogens is 5. The molecule has 0 fully saturated rings. The monoisotopic (exact) mass is 629 g/mol. The van der Waals surface area contributed by atoms with E-state index < -0.39 is 58.9 Å². The molecule has 3 rings (SSSR count). The van der Waals surface area contributed by atoms with Gasteiger partial charge in [-0.25, -0.2) is 0 Å². The first-order valence-electron chi connectivity index (χ1n) is 10.1. The number of hydrogen-bond donors (Lipinski definition) is 0. The van der Waals surface area contributed by atoms with Crippen molar-refractivity contribution in [1.29, 1.82) is 0 Å². The first-order valence-corrected chi connectivity index (χ1v) is 12.7. The second-order valence-corrected chi connectivity index (χ2v) is 9.71. The molecule has 0 saturated carbocycles. The van der Waals surface area contributed by atoms with E-state index in [0.717, 1.165) is 6.21 Å². The van der Waals surface area contributed by atoms with Crippen LogP contribution in [0.3, 0.4) is 0 Å². The van der Waals surface area contributed by atoms with Crippen molar-refractivity contribution in [1.82, 2.24) is 4.90 Å². The van der Waals surface area contributed by atoms with E-state index in [1.165, 1.54) is 0 Å². The molecule has 2 nitrogen and oxygen atoms in total. The summed E-state index contributed by atoms with van der Waals surface area (Å²) in [5.41, 5.74) is -0.0115. The zero-order chi connectivity index (χ0) is 24.0. The molecular weight excluding hydrogens is 607 g/mol. The summed E-state index contributed by atoms with van der Waals surface area (Å²) in [6.07, 6.45) is 1.02. The van der Waals surface area contributed by atoms with Gasteiger partial charge in [0.1, 0.15) is 0 Å². The molecule has 8 heteroatoms. The zero-order valence-corrected chi connectivity index (χ0v) is 21.0. The second-order valence-electron chi connectivity index (χ2n) is 7.57. The zero-order valence-electron chi connectivity index (χ0n) is 18.0. The number of hydrogen-bond acceptors (Lipinski definition) is 2. The van der Waals surface area contributed by atoms with Gasteiger partial charge in [-0.1, -0.05) is 0 Å². The number of likely N-dealkylation sites (N-methyl/N-ethyl adjacent to an activating group) is 1. The fourth-order valence-corrected chi connectivity index (χ4v) is 5.48. The first kappa shape index (κ1) is 25.1. The Morgan fingerprint density at radius 3 is 2.03 bits per heavy atom. The predicted octanol–water partition coefficient (Wildman–Crippen LogP) is 5.54. The topological polar surface area (TPSA) is 15.6 Å². The molecule has 33 heavy (non-hydrogen) atoms. The summed E-state index contributed by atoms with van der Waals surface area (Å²) in [6.45, 7) is 0.749. The minimum absolute atomic E-state index is 0.233. The van der Waals surface area contributed by atoms with Crippen molar-refractivity contribution in [3.8, 4) is 0 Å². The van der Waals surface area contributed by atoms with E-state index in [0.29, 0.717) is 17.7 Å². The normalized spacial score (nSPS) is 13.2. The molecule has 0 aliphatic rings. The number of nitrogens with zero attached hydrogens (tertiary/aromatic N) is 2. The minimum atomic E-state index is -2.73. The average molecular weight is 629 g/mol. The number of aliphatic imine (C=N–C) groups is 1. The van der Waals surface area contributed by atoms with E-state index in [2.05, 4.69) is 4.99 Å². The second kappa shape index (κ2) is 11.6. The third-order valence-corrected chi connectivity index (χ3v) is 7.35. The van der Waals surface area contributed by atoms with Gasteiger partial charge >= 0.3 is 199 Å². The van der Waals surface area contributed by atoms with Gasteiger partial charge in [0.05, 0.1) is 0 Å². The molecular formula is C25H22F5N2W. The summed E-state index contributed by atoms with van der Waals surface area (Å²) in [5, 5.41) is 0. The summed E-state index contributed by atoms with van der Waals surface area (Å²) in [4.78, 5) is 5.93. The van der Waals surface area contributed by atoms with Crippen LogP contribution in [0.4, 0.5) is 20.7 Å². The van der Waals surface area contributed by atoms with Crippen molar-refractivity contribution in [2.45, 2.75) is 5.92 Å². The van der Waals surface area contributed by atoms with Crippen molar-refractivity contribution in [3.63, 3.8) is 0 Å². The Hall–Kier alpha value is -2.50. The van der Waals surface area contributed by atoms with Gasteiger partial charge in [0.2, 0.25) is 0 Å². The van der Waals surface area contributed by atoms with Crippen LogP contribution in [-0.4, -0.2) is 42.2 Å². The summed E-state index contributed by atoms with van der Waals surface area (Å²) in [6, 6.07) is 16.8. The Balaban J connectivity index is 2.30. The summed E-state index contributed by atoms with van der Waals surface area (Å²) in [5.74, 6) is -8.07. The molecule has 0 aliphatic carbocycles. The molecule has 0 bridgehead atoms. The van der Waals surface area contributed by atoms with Crippen LogP contribution in [0.2, 0.25) is 0 Å². The van der Waals surface area contributed by atoms with Crippen molar-refractivity contribution in [2.24, 2.45) is 4.99 Å². The van der Waals surface area contributed by atoms with Crippen LogP contribution >= 0.6 is 0 Å². The van der Waals surface area contributed by atoms with E-state index in [4.69, 9.17) is 0 Å². The Morgan fingerprint density at radius 1 is 0.879 bits per heavy atom. The van der Waals surface area contributed by atoms with Crippen LogP contribution in [0.5, 0.6) is 0 Å². The fraction of sp³-hybridized carbons (Fsp3) is 0.200.